The monoisotopic (exact) mass is 351 g/mol. The summed E-state index contributed by atoms with van der Waals surface area (Å²) in [7, 11) is 0. The molecule has 0 aliphatic heterocycles. The molecule has 3 rings (SSSR count). The van der Waals surface area contributed by atoms with Crippen LogP contribution in [0, 0.1) is 13.8 Å². The highest BCUT2D eigenvalue weighted by molar-refractivity contribution is 5.91. The molecule has 0 aliphatic carbocycles. The molecule has 0 saturated heterocycles. The lowest BCUT2D eigenvalue weighted by atomic mass is 10.0. The van der Waals surface area contributed by atoms with E-state index in [0.717, 1.165) is 22.4 Å². The Balaban J connectivity index is 2.22. The quantitative estimate of drug-likeness (QED) is 0.551. The van der Waals surface area contributed by atoms with Gasteiger partial charge in [-0.1, -0.05) is 36.0 Å². The molecule has 1 aromatic carbocycles. The second kappa shape index (κ2) is 6.92. The van der Waals surface area contributed by atoms with Crippen molar-refractivity contribution in [2.24, 2.45) is 0 Å². The van der Waals surface area contributed by atoms with Gasteiger partial charge < -0.3 is 14.7 Å². The summed E-state index contributed by atoms with van der Waals surface area (Å²) in [5.41, 5.74) is 10.9. The van der Waals surface area contributed by atoms with Crippen LogP contribution >= 0.6 is 0 Å². The molecule has 2 aromatic heterocycles. The molecule has 2 N–H and O–H groups in total. The average Bonchev–Trinajstić information content (AvgIpc) is 3.08. The van der Waals surface area contributed by atoms with Crippen molar-refractivity contribution in [3.63, 3.8) is 0 Å². The summed E-state index contributed by atoms with van der Waals surface area (Å²) in [4.78, 5) is 12.4. The highest BCUT2D eigenvalue weighted by Crippen LogP contribution is 2.33. The van der Waals surface area contributed by atoms with E-state index in [4.69, 9.17) is 14.7 Å². The highest BCUT2D eigenvalue weighted by Gasteiger charge is 2.18. The van der Waals surface area contributed by atoms with Crippen molar-refractivity contribution < 1.29 is 8.94 Å². The van der Waals surface area contributed by atoms with Gasteiger partial charge in [0.05, 0.1) is 23.4 Å². The molecule has 134 valence electrons. The molecule has 0 fully saturated rings. The highest BCUT2D eigenvalue weighted by atomic mass is 16.5. The van der Waals surface area contributed by atoms with Gasteiger partial charge in [0.2, 0.25) is 0 Å². The van der Waals surface area contributed by atoms with Gasteiger partial charge in [0.25, 0.3) is 0 Å². The van der Waals surface area contributed by atoms with Crippen LogP contribution in [0.4, 0.5) is 5.69 Å². The van der Waals surface area contributed by atoms with Crippen molar-refractivity contribution in [3.8, 4) is 11.1 Å². The number of oxazole rings is 1. The Kier molecular flexibility index (Phi) is 4.67. The van der Waals surface area contributed by atoms with Crippen LogP contribution in [0.3, 0.4) is 0 Å². The molecule has 0 atom stereocenters. The second-order valence-electron chi connectivity index (χ2n) is 6.04. The molecule has 0 bridgehead atoms. The van der Waals surface area contributed by atoms with Crippen molar-refractivity contribution in [1.82, 2.24) is 9.72 Å². The summed E-state index contributed by atoms with van der Waals surface area (Å²) in [5.74, 6) is 0.238. The molecule has 6 heteroatoms. The fourth-order valence-corrected chi connectivity index (χ4v) is 3.09. The summed E-state index contributed by atoms with van der Waals surface area (Å²) in [6, 6.07) is 3.65. The zero-order chi connectivity index (χ0) is 18.8. The van der Waals surface area contributed by atoms with Crippen molar-refractivity contribution in [1.29, 1.82) is 0 Å². The molecule has 6 nitrogen and oxygen atoms in total. The van der Waals surface area contributed by atoms with E-state index in [1.807, 2.05) is 45.1 Å². The zero-order valence-electron chi connectivity index (χ0n) is 15.1. The van der Waals surface area contributed by atoms with Crippen LogP contribution in [0.1, 0.15) is 18.4 Å². The predicted octanol–water partition coefficient (Wildman–Crippen LogP) is 4.14. The molecule has 3 aromatic rings. The van der Waals surface area contributed by atoms with Crippen molar-refractivity contribution in [3.05, 3.63) is 70.6 Å². The van der Waals surface area contributed by atoms with E-state index >= 15 is 0 Å². The number of rotatable bonds is 5. The Morgan fingerprint density at radius 1 is 1.38 bits per heavy atom. The minimum Gasteiger partial charge on any atom is -0.405 e. The molecular weight excluding hydrogens is 330 g/mol. The number of anilines is 1. The first-order valence-corrected chi connectivity index (χ1v) is 8.26. The molecule has 0 unspecified atom stereocenters. The standard InChI is InChI=1S/C20H21N3O3/c1-5-7-14(8-6-2)11-23-17-10-15(18-12(3)22-26-13(18)4)9-16(21)19(17)25-20(23)24/h5-10H,1,11,21H2,2-4H3/b8-6-,14-7+. The summed E-state index contributed by atoms with van der Waals surface area (Å²) < 4.78 is 12.2. The molecule has 0 radical (unpaired) electrons. The Morgan fingerprint density at radius 3 is 2.77 bits per heavy atom. The lowest BCUT2D eigenvalue weighted by Gasteiger charge is -2.06. The van der Waals surface area contributed by atoms with Gasteiger partial charge in [0.15, 0.2) is 5.58 Å². The number of nitrogens with zero attached hydrogens (tertiary/aromatic N) is 2. The number of aromatic nitrogens is 2. The van der Waals surface area contributed by atoms with Gasteiger partial charge in [-0.3, -0.25) is 4.57 Å². The first-order valence-electron chi connectivity index (χ1n) is 8.26. The fourth-order valence-electron chi connectivity index (χ4n) is 3.09. The normalized spacial score (nSPS) is 12.3. The number of benzene rings is 1. The first kappa shape index (κ1) is 17.5. The minimum absolute atomic E-state index is 0.354. The summed E-state index contributed by atoms with van der Waals surface area (Å²) in [6.45, 7) is 9.70. The van der Waals surface area contributed by atoms with Crippen LogP contribution in [0.2, 0.25) is 0 Å². The van der Waals surface area contributed by atoms with Crippen LogP contribution in [-0.4, -0.2) is 9.72 Å². The molecule has 0 aliphatic rings. The number of allylic oxidation sites excluding steroid dienone is 5. The first-order chi connectivity index (χ1) is 12.5. The van der Waals surface area contributed by atoms with Gasteiger partial charge in [-0.05, 0) is 44.0 Å². The molecule has 0 saturated carbocycles. The Hall–Kier alpha value is -3.28. The number of hydrogen-bond acceptors (Lipinski definition) is 5. The fraction of sp³-hybridized carbons (Fsp3) is 0.200. The minimum atomic E-state index is -0.456. The van der Waals surface area contributed by atoms with Gasteiger partial charge >= 0.3 is 5.76 Å². The number of fused-ring (bicyclic) bond motifs is 1. The summed E-state index contributed by atoms with van der Waals surface area (Å²) in [6.07, 6.45) is 7.37. The zero-order valence-corrected chi connectivity index (χ0v) is 15.1. The van der Waals surface area contributed by atoms with Crippen LogP contribution in [0.15, 0.2) is 62.3 Å². The molecular formula is C20H21N3O3. The van der Waals surface area contributed by atoms with E-state index in [9.17, 15) is 4.79 Å². The van der Waals surface area contributed by atoms with E-state index < -0.39 is 5.76 Å². The Labute approximate surface area is 150 Å². The summed E-state index contributed by atoms with van der Waals surface area (Å²) >= 11 is 0. The van der Waals surface area contributed by atoms with Gasteiger partial charge in [0, 0.05) is 5.56 Å². The third-order valence-corrected chi connectivity index (χ3v) is 4.17. The lowest BCUT2D eigenvalue weighted by molar-refractivity contribution is 0.393. The Bertz CT molecular complexity index is 1070. The van der Waals surface area contributed by atoms with Crippen LogP contribution in [0.5, 0.6) is 0 Å². The molecule has 2 heterocycles. The maximum absolute atomic E-state index is 12.4. The lowest BCUT2D eigenvalue weighted by Crippen LogP contribution is -2.15. The largest absolute Gasteiger partial charge is 0.420 e. The molecule has 0 amide bonds. The van der Waals surface area contributed by atoms with Crippen LogP contribution in [0.25, 0.3) is 22.2 Å². The third kappa shape index (κ3) is 3.01. The van der Waals surface area contributed by atoms with Gasteiger partial charge in [-0.2, -0.15) is 0 Å². The van der Waals surface area contributed by atoms with Gasteiger partial charge in [-0.25, -0.2) is 4.79 Å². The van der Waals surface area contributed by atoms with E-state index in [0.29, 0.717) is 29.1 Å². The van der Waals surface area contributed by atoms with Crippen LogP contribution < -0.4 is 11.5 Å². The number of aryl methyl sites for hydroxylation is 2. The molecule has 26 heavy (non-hydrogen) atoms. The summed E-state index contributed by atoms with van der Waals surface area (Å²) in [5, 5.41) is 3.99. The van der Waals surface area contributed by atoms with Crippen LogP contribution in [-0.2, 0) is 6.54 Å². The smallest absolute Gasteiger partial charge is 0.405 e. The van der Waals surface area contributed by atoms with E-state index in [1.54, 1.807) is 16.7 Å². The predicted molar refractivity (Wildman–Crippen MR) is 103 cm³/mol. The van der Waals surface area contributed by atoms with Crippen molar-refractivity contribution in [2.45, 2.75) is 27.3 Å². The van der Waals surface area contributed by atoms with E-state index in [-0.39, 0.29) is 0 Å². The van der Waals surface area contributed by atoms with Gasteiger partial charge in [-0.15, -0.1) is 0 Å². The number of nitrogens with two attached hydrogens (primary N) is 1. The van der Waals surface area contributed by atoms with Crippen molar-refractivity contribution >= 4 is 16.8 Å². The van der Waals surface area contributed by atoms with E-state index in [1.165, 1.54) is 0 Å². The second-order valence-corrected chi connectivity index (χ2v) is 6.04. The third-order valence-electron chi connectivity index (χ3n) is 4.17. The topological polar surface area (TPSA) is 87.2 Å². The molecule has 0 spiro atoms. The van der Waals surface area contributed by atoms with Crippen molar-refractivity contribution in [2.75, 3.05) is 5.73 Å². The van der Waals surface area contributed by atoms with E-state index in [2.05, 4.69) is 11.7 Å². The SMILES string of the molecule is C=C/C=C(\C=C/C)Cn1c(=O)oc2c(N)cc(-c3c(C)noc3C)cc21. The number of nitrogen functional groups attached to an aromatic ring is 1. The number of hydrogen-bond donors (Lipinski definition) is 1. The maximum Gasteiger partial charge on any atom is 0.420 e. The van der Waals surface area contributed by atoms with Gasteiger partial charge in [0.1, 0.15) is 5.76 Å². The maximum atomic E-state index is 12.4. The average molecular weight is 351 g/mol. The Morgan fingerprint density at radius 2 is 2.15 bits per heavy atom.